The Bertz CT molecular complexity index is 650. The molecule has 0 aliphatic heterocycles. The lowest BCUT2D eigenvalue weighted by molar-refractivity contribution is 0.103. The molecule has 110 valence electrons. The molecule has 0 heterocycles. The Balaban J connectivity index is 2.36. The molecule has 0 aliphatic carbocycles. The first-order chi connectivity index (χ1) is 10.0. The highest BCUT2D eigenvalue weighted by Gasteiger charge is 2.15. The van der Waals surface area contributed by atoms with Crippen LogP contribution in [0.2, 0.25) is 0 Å². The number of rotatable bonds is 5. The van der Waals surface area contributed by atoms with Gasteiger partial charge in [0.1, 0.15) is 11.5 Å². The Hall–Kier alpha value is -1.81. The first-order valence-electron chi connectivity index (χ1n) is 6.66. The number of ketones is 1. The summed E-state index contributed by atoms with van der Waals surface area (Å²) < 4.78 is 11.8. The lowest BCUT2D eigenvalue weighted by atomic mass is 10.0. The number of methoxy groups -OCH3 is 1. The van der Waals surface area contributed by atoms with Gasteiger partial charge in [0.15, 0.2) is 5.78 Å². The van der Waals surface area contributed by atoms with E-state index in [0.29, 0.717) is 22.6 Å². The highest BCUT2D eigenvalue weighted by Crippen LogP contribution is 2.27. The van der Waals surface area contributed by atoms with Gasteiger partial charge in [0, 0.05) is 10.0 Å². The van der Waals surface area contributed by atoms with Gasteiger partial charge < -0.3 is 9.47 Å². The summed E-state index contributed by atoms with van der Waals surface area (Å²) in [5.41, 5.74) is 1.11. The third-order valence-corrected chi connectivity index (χ3v) is 3.37. The lowest BCUT2D eigenvalue weighted by Gasteiger charge is -2.12. The highest BCUT2D eigenvalue weighted by atomic mass is 79.9. The Labute approximate surface area is 133 Å². The molecule has 0 saturated carbocycles. The topological polar surface area (TPSA) is 35.5 Å². The van der Waals surface area contributed by atoms with Crippen molar-refractivity contribution in [2.45, 2.75) is 20.0 Å². The van der Waals surface area contributed by atoms with Gasteiger partial charge in [-0.05, 0) is 44.2 Å². The van der Waals surface area contributed by atoms with Gasteiger partial charge in [-0.2, -0.15) is 0 Å². The number of hydrogen-bond acceptors (Lipinski definition) is 3. The molecule has 21 heavy (non-hydrogen) atoms. The second-order valence-corrected chi connectivity index (χ2v) is 5.78. The van der Waals surface area contributed by atoms with Crippen LogP contribution in [0.5, 0.6) is 11.5 Å². The molecule has 0 unspecified atom stereocenters. The minimum Gasteiger partial charge on any atom is -0.496 e. The van der Waals surface area contributed by atoms with Crippen molar-refractivity contribution in [2.24, 2.45) is 0 Å². The molecule has 4 heteroatoms. The van der Waals surface area contributed by atoms with Gasteiger partial charge in [0.25, 0.3) is 0 Å². The van der Waals surface area contributed by atoms with Crippen LogP contribution < -0.4 is 9.47 Å². The van der Waals surface area contributed by atoms with E-state index in [1.54, 1.807) is 31.4 Å². The summed E-state index contributed by atoms with van der Waals surface area (Å²) in [6.45, 7) is 3.90. The molecular formula is C17H17BrO3. The molecule has 2 rings (SSSR count). The smallest absolute Gasteiger partial charge is 0.196 e. The summed E-state index contributed by atoms with van der Waals surface area (Å²) in [5.74, 6) is 1.14. The van der Waals surface area contributed by atoms with Crippen molar-refractivity contribution in [1.29, 1.82) is 0 Å². The number of benzene rings is 2. The van der Waals surface area contributed by atoms with Crippen LogP contribution >= 0.6 is 15.9 Å². The van der Waals surface area contributed by atoms with Crippen molar-refractivity contribution in [3.05, 3.63) is 58.1 Å². The average Bonchev–Trinajstić information content (AvgIpc) is 2.46. The Morgan fingerprint density at radius 3 is 2.57 bits per heavy atom. The number of ether oxygens (including phenoxy) is 2. The molecule has 0 aromatic heterocycles. The Morgan fingerprint density at radius 2 is 1.90 bits per heavy atom. The van der Waals surface area contributed by atoms with E-state index in [1.165, 1.54) is 0 Å². The molecule has 3 nitrogen and oxygen atoms in total. The third-order valence-electron chi connectivity index (χ3n) is 2.88. The number of carbonyl (C=O) groups is 1. The summed E-state index contributed by atoms with van der Waals surface area (Å²) in [5, 5.41) is 0. The molecule has 2 aromatic carbocycles. The van der Waals surface area contributed by atoms with Gasteiger partial charge >= 0.3 is 0 Å². The van der Waals surface area contributed by atoms with Crippen molar-refractivity contribution in [2.75, 3.05) is 7.11 Å². The molecule has 0 radical (unpaired) electrons. The first-order valence-corrected chi connectivity index (χ1v) is 7.45. The molecule has 0 spiro atoms. The summed E-state index contributed by atoms with van der Waals surface area (Å²) in [4.78, 5) is 12.6. The zero-order valence-electron chi connectivity index (χ0n) is 12.2. The van der Waals surface area contributed by atoms with E-state index in [-0.39, 0.29) is 11.9 Å². The maximum atomic E-state index is 12.6. The van der Waals surface area contributed by atoms with E-state index in [4.69, 9.17) is 9.47 Å². The van der Waals surface area contributed by atoms with Crippen molar-refractivity contribution in [1.82, 2.24) is 0 Å². The van der Waals surface area contributed by atoms with E-state index in [1.807, 2.05) is 32.0 Å². The Kier molecular flexibility index (Phi) is 5.02. The number of carbonyl (C=O) groups excluding carboxylic acids is 1. The molecular weight excluding hydrogens is 332 g/mol. The maximum absolute atomic E-state index is 12.6. The van der Waals surface area contributed by atoms with Crippen molar-refractivity contribution in [3.8, 4) is 11.5 Å². The second-order valence-electron chi connectivity index (χ2n) is 4.87. The summed E-state index contributed by atoms with van der Waals surface area (Å²) in [6.07, 6.45) is 0.0672. The fourth-order valence-electron chi connectivity index (χ4n) is 1.99. The lowest BCUT2D eigenvalue weighted by Crippen LogP contribution is -2.07. The predicted molar refractivity (Wildman–Crippen MR) is 86.3 cm³/mol. The van der Waals surface area contributed by atoms with E-state index in [2.05, 4.69) is 15.9 Å². The maximum Gasteiger partial charge on any atom is 0.196 e. The minimum atomic E-state index is -0.0893. The van der Waals surface area contributed by atoms with Gasteiger partial charge in [-0.25, -0.2) is 0 Å². The van der Waals surface area contributed by atoms with E-state index in [0.717, 1.165) is 4.47 Å². The van der Waals surface area contributed by atoms with Gasteiger partial charge in [-0.1, -0.05) is 28.1 Å². The molecule has 0 fully saturated rings. The van der Waals surface area contributed by atoms with Crippen LogP contribution in [0, 0.1) is 0 Å². The first kappa shape index (κ1) is 15.6. The highest BCUT2D eigenvalue weighted by molar-refractivity contribution is 9.10. The molecule has 2 aromatic rings. The number of hydrogen-bond donors (Lipinski definition) is 0. The van der Waals surface area contributed by atoms with Crippen LogP contribution in [0.4, 0.5) is 0 Å². The summed E-state index contributed by atoms with van der Waals surface area (Å²) >= 11 is 3.37. The van der Waals surface area contributed by atoms with E-state index >= 15 is 0 Å². The van der Waals surface area contributed by atoms with Crippen LogP contribution in [-0.4, -0.2) is 19.0 Å². The third kappa shape index (κ3) is 3.85. The predicted octanol–water partition coefficient (Wildman–Crippen LogP) is 4.48. The molecule has 0 amide bonds. The zero-order chi connectivity index (χ0) is 15.4. The van der Waals surface area contributed by atoms with Crippen molar-refractivity contribution in [3.63, 3.8) is 0 Å². The van der Waals surface area contributed by atoms with Crippen molar-refractivity contribution < 1.29 is 14.3 Å². The molecule has 0 saturated heterocycles. The van der Waals surface area contributed by atoms with Crippen LogP contribution in [0.3, 0.4) is 0 Å². The SMILES string of the molecule is COc1cc(Br)ccc1C(=O)c1cccc(OC(C)C)c1. The minimum absolute atomic E-state index is 0.0672. The van der Waals surface area contributed by atoms with Gasteiger partial charge in [-0.15, -0.1) is 0 Å². The molecule has 0 bridgehead atoms. The molecule has 0 aliphatic rings. The van der Waals surface area contributed by atoms with Crippen LogP contribution in [-0.2, 0) is 0 Å². The van der Waals surface area contributed by atoms with Crippen LogP contribution in [0.25, 0.3) is 0 Å². The fourth-order valence-corrected chi connectivity index (χ4v) is 2.33. The molecule has 0 N–H and O–H groups in total. The Morgan fingerprint density at radius 1 is 1.14 bits per heavy atom. The molecule has 0 atom stereocenters. The fraction of sp³-hybridized carbons (Fsp3) is 0.235. The van der Waals surface area contributed by atoms with Gasteiger partial charge in [0.05, 0.1) is 18.8 Å². The zero-order valence-corrected chi connectivity index (χ0v) is 13.8. The van der Waals surface area contributed by atoms with E-state index < -0.39 is 0 Å². The normalized spacial score (nSPS) is 10.5. The largest absolute Gasteiger partial charge is 0.496 e. The summed E-state index contributed by atoms with van der Waals surface area (Å²) in [7, 11) is 1.55. The number of halogens is 1. The van der Waals surface area contributed by atoms with Crippen LogP contribution in [0.1, 0.15) is 29.8 Å². The average molecular weight is 349 g/mol. The quantitative estimate of drug-likeness (QED) is 0.747. The van der Waals surface area contributed by atoms with Crippen LogP contribution in [0.15, 0.2) is 46.9 Å². The standard InChI is InChI=1S/C17H17BrO3/c1-11(2)21-14-6-4-5-12(9-14)17(19)15-8-7-13(18)10-16(15)20-3/h4-11H,1-3H3. The van der Waals surface area contributed by atoms with E-state index in [9.17, 15) is 4.79 Å². The van der Waals surface area contributed by atoms with Gasteiger partial charge in [0.2, 0.25) is 0 Å². The summed E-state index contributed by atoms with van der Waals surface area (Å²) in [6, 6.07) is 12.5. The monoisotopic (exact) mass is 348 g/mol. The second kappa shape index (κ2) is 6.76. The van der Waals surface area contributed by atoms with Crippen molar-refractivity contribution >= 4 is 21.7 Å². The van der Waals surface area contributed by atoms with Gasteiger partial charge in [-0.3, -0.25) is 4.79 Å².